The number of hydrogen-bond donors (Lipinski definition) is 1. The molecule has 27 heavy (non-hydrogen) atoms. The molecule has 1 fully saturated rings. The standard InChI is InChI=1S/C20H28N4O3/c1-15(2)11-22-18(25)17-13-24-9-6-21-19(24)20(27-17)4-7-23(8-5-20)12-16-3-10-26-14-16/h3,6,9-10,14-15,17H,4-5,7-8,11-13H2,1-2H3,(H,22,25)/t17-/m0/s1. The summed E-state index contributed by atoms with van der Waals surface area (Å²) < 4.78 is 13.7. The van der Waals surface area contributed by atoms with E-state index in [1.807, 2.05) is 18.5 Å². The zero-order chi connectivity index (χ0) is 18.9. The van der Waals surface area contributed by atoms with Gasteiger partial charge in [0, 0.05) is 44.1 Å². The van der Waals surface area contributed by atoms with Crippen LogP contribution in [0.3, 0.4) is 0 Å². The molecule has 2 aliphatic rings. The Balaban J connectivity index is 1.46. The summed E-state index contributed by atoms with van der Waals surface area (Å²) in [4.78, 5) is 19.6. The molecule has 0 aliphatic carbocycles. The Hall–Kier alpha value is -2.12. The number of nitrogens with one attached hydrogen (secondary N) is 1. The average molecular weight is 372 g/mol. The van der Waals surface area contributed by atoms with E-state index >= 15 is 0 Å². The van der Waals surface area contributed by atoms with Gasteiger partial charge in [-0.2, -0.15) is 0 Å². The SMILES string of the molecule is CC(C)CNC(=O)[C@@H]1Cn2ccnc2C2(CCN(Cc3ccoc3)CC2)O1. The molecule has 0 unspecified atom stereocenters. The molecule has 4 heterocycles. The Morgan fingerprint density at radius 3 is 2.93 bits per heavy atom. The van der Waals surface area contributed by atoms with Crippen molar-refractivity contribution >= 4 is 5.91 Å². The Morgan fingerprint density at radius 2 is 2.22 bits per heavy atom. The van der Waals surface area contributed by atoms with Gasteiger partial charge in [0.25, 0.3) is 5.91 Å². The number of fused-ring (bicyclic) bond motifs is 2. The number of amides is 1. The molecule has 2 aromatic rings. The first-order valence-electron chi connectivity index (χ1n) is 9.76. The third kappa shape index (κ3) is 3.80. The number of nitrogens with zero attached hydrogens (tertiary/aromatic N) is 3. The van der Waals surface area contributed by atoms with Gasteiger partial charge < -0.3 is 19.0 Å². The number of furan rings is 1. The van der Waals surface area contributed by atoms with Crippen LogP contribution in [-0.4, -0.2) is 46.1 Å². The molecule has 7 nitrogen and oxygen atoms in total. The summed E-state index contributed by atoms with van der Waals surface area (Å²) in [6, 6.07) is 2.00. The first-order valence-corrected chi connectivity index (χ1v) is 9.76. The Labute approximate surface area is 159 Å². The van der Waals surface area contributed by atoms with Gasteiger partial charge >= 0.3 is 0 Å². The molecule has 0 saturated carbocycles. The maximum atomic E-state index is 12.6. The van der Waals surface area contributed by atoms with Crippen molar-refractivity contribution in [2.45, 2.75) is 51.5 Å². The number of ether oxygens (including phenoxy) is 1. The molecule has 0 radical (unpaired) electrons. The highest BCUT2D eigenvalue weighted by atomic mass is 16.5. The van der Waals surface area contributed by atoms with Crippen molar-refractivity contribution in [2.24, 2.45) is 5.92 Å². The normalized spacial score (nSPS) is 22.1. The number of likely N-dealkylation sites (tertiary alicyclic amines) is 1. The van der Waals surface area contributed by atoms with Crippen molar-refractivity contribution in [3.05, 3.63) is 42.4 Å². The molecule has 4 rings (SSSR count). The fourth-order valence-corrected chi connectivity index (χ4v) is 4.01. The maximum absolute atomic E-state index is 12.6. The van der Waals surface area contributed by atoms with Crippen molar-refractivity contribution in [1.82, 2.24) is 19.8 Å². The minimum atomic E-state index is -0.478. The lowest BCUT2D eigenvalue weighted by atomic mass is 9.88. The fraction of sp³-hybridized carbons (Fsp3) is 0.600. The zero-order valence-electron chi connectivity index (χ0n) is 16.1. The van der Waals surface area contributed by atoms with Crippen LogP contribution in [0.4, 0.5) is 0 Å². The van der Waals surface area contributed by atoms with Gasteiger partial charge in [-0.05, 0) is 24.8 Å². The van der Waals surface area contributed by atoms with Crippen molar-refractivity contribution in [3.8, 4) is 0 Å². The van der Waals surface area contributed by atoms with Gasteiger partial charge in [-0.15, -0.1) is 0 Å². The Kier molecular flexibility index (Phi) is 5.06. The van der Waals surface area contributed by atoms with E-state index in [-0.39, 0.29) is 5.91 Å². The second-order valence-electron chi connectivity index (χ2n) is 8.05. The van der Waals surface area contributed by atoms with Crippen LogP contribution in [0.15, 0.2) is 35.4 Å². The van der Waals surface area contributed by atoms with E-state index in [2.05, 4.69) is 33.6 Å². The molecule has 0 aromatic carbocycles. The molecular weight excluding hydrogens is 344 g/mol. The summed E-state index contributed by atoms with van der Waals surface area (Å²) in [6.45, 7) is 8.05. The molecule has 2 aromatic heterocycles. The van der Waals surface area contributed by atoms with Crippen LogP contribution in [0.1, 0.15) is 38.1 Å². The van der Waals surface area contributed by atoms with E-state index < -0.39 is 11.7 Å². The molecule has 146 valence electrons. The van der Waals surface area contributed by atoms with Gasteiger partial charge in [0.05, 0.1) is 19.1 Å². The number of carbonyl (C=O) groups is 1. The number of piperidine rings is 1. The number of hydrogen-bond acceptors (Lipinski definition) is 5. The lowest BCUT2D eigenvalue weighted by molar-refractivity contribution is -0.174. The van der Waals surface area contributed by atoms with E-state index in [4.69, 9.17) is 9.15 Å². The first-order chi connectivity index (χ1) is 13.1. The number of rotatable bonds is 5. The predicted molar refractivity (Wildman–Crippen MR) is 99.8 cm³/mol. The second kappa shape index (κ2) is 7.48. The smallest absolute Gasteiger partial charge is 0.251 e. The minimum absolute atomic E-state index is 0.0248. The van der Waals surface area contributed by atoms with Crippen LogP contribution < -0.4 is 5.32 Å². The number of carbonyl (C=O) groups excluding carboxylic acids is 1. The molecular formula is C20H28N4O3. The van der Waals surface area contributed by atoms with Gasteiger partial charge in [0.2, 0.25) is 0 Å². The van der Waals surface area contributed by atoms with Gasteiger partial charge in [0.1, 0.15) is 11.4 Å². The van der Waals surface area contributed by atoms with Crippen molar-refractivity contribution in [2.75, 3.05) is 19.6 Å². The summed E-state index contributed by atoms with van der Waals surface area (Å²) >= 11 is 0. The lowest BCUT2D eigenvalue weighted by Crippen LogP contribution is -2.54. The van der Waals surface area contributed by atoms with Crippen LogP contribution in [0.25, 0.3) is 0 Å². The van der Waals surface area contributed by atoms with Crippen molar-refractivity contribution < 1.29 is 13.9 Å². The van der Waals surface area contributed by atoms with E-state index in [0.29, 0.717) is 19.0 Å². The highest BCUT2D eigenvalue weighted by Gasteiger charge is 2.47. The quantitative estimate of drug-likeness (QED) is 0.871. The minimum Gasteiger partial charge on any atom is -0.472 e. The van der Waals surface area contributed by atoms with Crippen LogP contribution in [0.2, 0.25) is 0 Å². The van der Waals surface area contributed by atoms with Crippen molar-refractivity contribution in [3.63, 3.8) is 0 Å². The monoisotopic (exact) mass is 372 g/mol. The summed E-state index contributed by atoms with van der Waals surface area (Å²) in [7, 11) is 0. The van der Waals surface area contributed by atoms with Crippen molar-refractivity contribution in [1.29, 1.82) is 0 Å². The zero-order valence-corrected chi connectivity index (χ0v) is 16.1. The highest BCUT2D eigenvalue weighted by molar-refractivity contribution is 5.80. The van der Waals surface area contributed by atoms with E-state index in [1.165, 1.54) is 5.56 Å². The first kappa shape index (κ1) is 18.3. The molecule has 1 amide bonds. The molecule has 2 aliphatic heterocycles. The summed E-state index contributed by atoms with van der Waals surface area (Å²) in [5.41, 5.74) is 0.706. The predicted octanol–water partition coefficient (Wildman–Crippen LogP) is 2.14. The summed E-state index contributed by atoms with van der Waals surface area (Å²) in [6.07, 6.45) is 8.47. The summed E-state index contributed by atoms with van der Waals surface area (Å²) in [5, 5.41) is 3.02. The van der Waals surface area contributed by atoms with E-state index in [9.17, 15) is 4.79 Å². The second-order valence-corrected chi connectivity index (χ2v) is 8.05. The van der Waals surface area contributed by atoms with E-state index in [0.717, 1.165) is 38.3 Å². The lowest BCUT2D eigenvalue weighted by Gasteiger charge is -2.45. The van der Waals surface area contributed by atoms with Gasteiger partial charge in [-0.25, -0.2) is 4.98 Å². The van der Waals surface area contributed by atoms with Crippen LogP contribution in [0, 0.1) is 5.92 Å². The van der Waals surface area contributed by atoms with Gasteiger partial charge in [0.15, 0.2) is 6.10 Å². The molecule has 1 spiro atoms. The Bertz CT molecular complexity index is 760. The number of imidazole rings is 1. The molecule has 1 N–H and O–H groups in total. The molecule has 1 saturated heterocycles. The van der Waals surface area contributed by atoms with Crippen LogP contribution >= 0.6 is 0 Å². The van der Waals surface area contributed by atoms with Crippen LogP contribution in [-0.2, 0) is 28.2 Å². The third-order valence-corrected chi connectivity index (χ3v) is 5.48. The average Bonchev–Trinajstić information content (AvgIpc) is 3.33. The Morgan fingerprint density at radius 1 is 1.41 bits per heavy atom. The molecule has 0 bridgehead atoms. The summed E-state index contributed by atoms with van der Waals surface area (Å²) in [5.74, 6) is 1.35. The molecule has 1 atom stereocenters. The fourth-order valence-electron chi connectivity index (χ4n) is 4.01. The van der Waals surface area contributed by atoms with Crippen LogP contribution in [0.5, 0.6) is 0 Å². The maximum Gasteiger partial charge on any atom is 0.251 e. The number of aromatic nitrogens is 2. The van der Waals surface area contributed by atoms with Gasteiger partial charge in [-0.1, -0.05) is 13.8 Å². The van der Waals surface area contributed by atoms with Gasteiger partial charge in [-0.3, -0.25) is 9.69 Å². The van der Waals surface area contributed by atoms with E-state index in [1.54, 1.807) is 12.5 Å². The molecule has 7 heteroatoms. The largest absolute Gasteiger partial charge is 0.472 e. The highest BCUT2D eigenvalue weighted by Crippen LogP contribution is 2.40. The third-order valence-electron chi connectivity index (χ3n) is 5.48. The topological polar surface area (TPSA) is 72.5 Å².